The van der Waals surface area contributed by atoms with Crippen LogP contribution in [0.25, 0.3) is 0 Å². The van der Waals surface area contributed by atoms with E-state index in [2.05, 4.69) is 0 Å². The highest BCUT2D eigenvalue weighted by molar-refractivity contribution is 6.30. The van der Waals surface area contributed by atoms with Crippen molar-refractivity contribution in [2.45, 2.75) is 40.5 Å². The number of allylic oxidation sites excluding steroid dienone is 2. The summed E-state index contributed by atoms with van der Waals surface area (Å²) in [5, 5.41) is -1.37. The van der Waals surface area contributed by atoms with Crippen molar-refractivity contribution in [2.75, 3.05) is 13.2 Å². The lowest BCUT2D eigenvalue weighted by molar-refractivity contribution is -0.147. The van der Waals surface area contributed by atoms with Crippen LogP contribution in [0.1, 0.15) is 33.3 Å². The van der Waals surface area contributed by atoms with E-state index in [0.717, 1.165) is 6.08 Å². The lowest BCUT2D eigenvalue weighted by Crippen LogP contribution is -2.14. The van der Waals surface area contributed by atoms with E-state index in [1.807, 2.05) is 0 Å². The zero-order valence-electron chi connectivity index (χ0n) is 17.1. The van der Waals surface area contributed by atoms with Crippen molar-refractivity contribution in [3.05, 3.63) is 34.1 Å². The zero-order valence-corrected chi connectivity index (χ0v) is 17.9. The van der Waals surface area contributed by atoms with Crippen LogP contribution in [0.3, 0.4) is 0 Å². The van der Waals surface area contributed by atoms with E-state index in [4.69, 9.17) is 25.8 Å². The third-order valence-electron chi connectivity index (χ3n) is 5.03. The van der Waals surface area contributed by atoms with Gasteiger partial charge in [0.15, 0.2) is 17.3 Å². The maximum atomic E-state index is 14.6. The first-order valence-electron chi connectivity index (χ1n) is 9.34. The largest absolute Gasteiger partial charge is 0.490 e. The highest BCUT2D eigenvalue weighted by atomic mass is 35.5. The van der Waals surface area contributed by atoms with E-state index in [9.17, 15) is 31.1 Å². The molecule has 0 unspecified atom stereocenters. The Hall–Kier alpha value is -2.10. The van der Waals surface area contributed by atoms with Crippen molar-refractivity contribution in [2.24, 2.45) is 17.3 Å². The fourth-order valence-electron chi connectivity index (χ4n) is 3.28. The van der Waals surface area contributed by atoms with Gasteiger partial charge in [0, 0.05) is 0 Å². The molecule has 1 aliphatic carbocycles. The molecule has 1 aliphatic rings. The fourth-order valence-corrected chi connectivity index (χ4v) is 3.42. The van der Waals surface area contributed by atoms with Crippen LogP contribution in [0.5, 0.6) is 11.5 Å². The standard InChI is InChI=1S/C20H21ClF6O4/c1-5-29-16-9(13(22)14(23)17(15(16)24)30-6-2)8-31-18(28)12-10(19(12,3)4)7-11(21)20(25,26)27/h7,10,12H,5-6,8H2,1-4H3/t10-,12-/m0/s1. The lowest BCUT2D eigenvalue weighted by Gasteiger charge is -2.16. The number of rotatable bonds is 8. The molecule has 0 amide bonds. The molecule has 0 saturated heterocycles. The monoisotopic (exact) mass is 474 g/mol. The third-order valence-corrected chi connectivity index (χ3v) is 5.37. The van der Waals surface area contributed by atoms with E-state index in [1.165, 1.54) is 27.7 Å². The molecule has 174 valence electrons. The van der Waals surface area contributed by atoms with Gasteiger partial charge < -0.3 is 14.2 Å². The van der Waals surface area contributed by atoms with Crippen LogP contribution >= 0.6 is 11.6 Å². The van der Waals surface area contributed by atoms with Gasteiger partial charge in [-0.1, -0.05) is 31.5 Å². The normalized spacial score (nSPS) is 20.4. The predicted octanol–water partition coefficient (Wildman–Crippen LogP) is 5.90. The van der Waals surface area contributed by atoms with Crippen molar-refractivity contribution in [3.8, 4) is 11.5 Å². The fraction of sp³-hybridized carbons (Fsp3) is 0.550. The van der Waals surface area contributed by atoms with Crippen molar-refractivity contribution >= 4 is 17.6 Å². The smallest absolute Gasteiger partial charge is 0.426 e. The molecular formula is C20H21ClF6O4. The first-order valence-corrected chi connectivity index (χ1v) is 9.72. The van der Waals surface area contributed by atoms with Crippen LogP contribution in [-0.2, 0) is 16.1 Å². The summed E-state index contributed by atoms with van der Waals surface area (Å²) >= 11 is 5.24. The zero-order chi connectivity index (χ0) is 23.7. The van der Waals surface area contributed by atoms with Gasteiger partial charge in [0.2, 0.25) is 11.6 Å². The molecule has 0 aliphatic heterocycles. The van der Waals surface area contributed by atoms with Crippen LogP contribution in [0.2, 0.25) is 0 Å². The maximum Gasteiger partial charge on any atom is 0.426 e. The van der Waals surface area contributed by atoms with E-state index >= 15 is 0 Å². The number of alkyl halides is 3. The molecular weight excluding hydrogens is 454 g/mol. The van der Waals surface area contributed by atoms with Gasteiger partial charge in [0.1, 0.15) is 11.6 Å². The van der Waals surface area contributed by atoms with Gasteiger partial charge in [-0.3, -0.25) is 4.79 Å². The van der Waals surface area contributed by atoms with Gasteiger partial charge in [0.25, 0.3) is 0 Å². The Morgan fingerprint density at radius 1 is 1.03 bits per heavy atom. The van der Waals surface area contributed by atoms with Crippen LogP contribution in [0.15, 0.2) is 11.1 Å². The van der Waals surface area contributed by atoms with Crippen molar-refractivity contribution < 1.29 is 45.3 Å². The summed E-state index contributed by atoms with van der Waals surface area (Å²) in [5.74, 6) is -8.91. The molecule has 31 heavy (non-hydrogen) atoms. The number of esters is 1. The SMILES string of the molecule is CCOc1c(F)c(F)c(COC(=O)[C@@H]2[C@H](C=C(Cl)C(F)(F)F)C2(C)C)c(OCC)c1F. The average molecular weight is 475 g/mol. The molecule has 0 heterocycles. The first-order chi connectivity index (χ1) is 14.3. The topological polar surface area (TPSA) is 44.8 Å². The molecule has 0 radical (unpaired) electrons. The Bertz CT molecular complexity index is 882. The molecule has 1 saturated carbocycles. The number of carbonyl (C=O) groups excluding carboxylic acids is 1. The van der Waals surface area contributed by atoms with Crippen molar-refractivity contribution in [1.29, 1.82) is 0 Å². The van der Waals surface area contributed by atoms with Crippen molar-refractivity contribution in [3.63, 3.8) is 0 Å². The summed E-state index contributed by atoms with van der Waals surface area (Å²) in [6.45, 7) is 4.85. The molecule has 1 aromatic carbocycles. The number of hydrogen-bond acceptors (Lipinski definition) is 4. The number of hydrogen-bond donors (Lipinski definition) is 0. The van der Waals surface area contributed by atoms with E-state index < -0.39 is 75.5 Å². The Labute approximate surface area is 180 Å². The highest BCUT2D eigenvalue weighted by Gasteiger charge is 2.62. The van der Waals surface area contributed by atoms with E-state index in [-0.39, 0.29) is 13.2 Å². The molecule has 2 atom stereocenters. The van der Waals surface area contributed by atoms with Crippen LogP contribution < -0.4 is 9.47 Å². The molecule has 0 bridgehead atoms. The second-order valence-electron chi connectivity index (χ2n) is 7.39. The molecule has 0 aromatic heterocycles. The molecule has 1 aromatic rings. The van der Waals surface area contributed by atoms with Gasteiger partial charge >= 0.3 is 12.1 Å². The highest BCUT2D eigenvalue weighted by Crippen LogP contribution is 2.60. The summed E-state index contributed by atoms with van der Waals surface area (Å²) in [4.78, 5) is 12.4. The third kappa shape index (κ3) is 5.05. The molecule has 11 heteroatoms. The quantitative estimate of drug-likeness (QED) is 0.267. The Morgan fingerprint density at radius 3 is 2.10 bits per heavy atom. The molecule has 2 rings (SSSR count). The van der Waals surface area contributed by atoms with Gasteiger partial charge in [-0.05, 0) is 25.2 Å². The van der Waals surface area contributed by atoms with Gasteiger partial charge in [-0.15, -0.1) is 0 Å². The molecule has 1 fully saturated rings. The number of ether oxygens (including phenoxy) is 3. The number of benzene rings is 1. The Morgan fingerprint density at radius 2 is 1.58 bits per heavy atom. The number of halogens is 7. The number of carbonyl (C=O) groups is 1. The van der Waals surface area contributed by atoms with E-state index in [1.54, 1.807) is 0 Å². The summed E-state index contributed by atoms with van der Waals surface area (Å²) in [6.07, 6.45) is -4.04. The molecule has 0 N–H and O–H groups in total. The minimum absolute atomic E-state index is 0.104. The van der Waals surface area contributed by atoms with Gasteiger partial charge in [-0.25, -0.2) is 4.39 Å². The second-order valence-corrected chi connectivity index (χ2v) is 7.80. The summed E-state index contributed by atoms with van der Waals surface area (Å²) < 4.78 is 96.0. The first kappa shape index (κ1) is 25.2. The molecule has 4 nitrogen and oxygen atoms in total. The lowest BCUT2D eigenvalue weighted by atomic mass is 10.1. The summed E-state index contributed by atoms with van der Waals surface area (Å²) in [5.41, 5.74) is -1.59. The van der Waals surface area contributed by atoms with Gasteiger partial charge in [0.05, 0.1) is 24.7 Å². The minimum atomic E-state index is -4.76. The second kappa shape index (κ2) is 9.18. The summed E-state index contributed by atoms with van der Waals surface area (Å²) in [6, 6.07) is 0. The van der Waals surface area contributed by atoms with Crippen LogP contribution in [-0.4, -0.2) is 25.4 Å². The summed E-state index contributed by atoms with van der Waals surface area (Å²) in [7, 11) is 0. The average Bonchev–Trinajstić information content (AvgIpc) is 3.22. The van der Waals surface area contributed by atoms with E-state index in [0.29, 0.717) is 0 Å². The predicted molar refractivity (Wildman–Crippen MR) is 99.2 cm³/mol. The van der Waals surface area contributed by atoms with Gasteiger partial charge in [-0.2, -0.15) is 22.0 Å². The maximum absolute atomic E-state index is 14.6. The van der Waals surface area contributed by atoms with Crippen LogP contribution in [0, 0.1) is 34.7 Å². The molecule has 0 spiro atoms. The Kier molecular flexibility index (Phi) is 7.45. The van der Waals surface area contributed by atoms with Crippen LogP contribution in [0.4, 0.5) is 26.3 Å². The van der Waals surface area contributed by atoms with Crippen molar-refractivity contribution in [1.82, 2.24) is 0 Å². The minimum Gasteiger partial charge on any atom is -0.490 e. The Balaban J connectivity index is 2.26.